The first-order valence-corrected chi connectivity index (χ1v) is 9.46. The molecule has 0 aliphatic heterocycles. The quantitative estimate of drug-likeness (QED) is 0.882. The summed E-state index contributed by atoms with van der Waals surface area (Å²) in [5, 5.41) is 0. The van der Waals surface area contributed by atoms with Crippen molar-refractivity contribution in [3.63, 3.8) is 0 Å². The standard InChI is InChI=1S/C15H22BrNO2S/c1-11-8-9-14(16)10-15(11)20(18,19)17-12(2)13-6-4-3-5-7-13/h8-10,12-13,17H,3-7H2,1-2H3. The third-order valence-electron chi connectivity index (χ3n) is 4.14. The zero-order chi connectivity index (χ0) is 14.8. The molecule has 0 amide bonds. The molecule has 1 atom stereocenters. The Morgan fingerprint density at radius 1 is 1.25 bits per heavy atom. The Kier molecular flexibility index (Phi) is 5.26. The molecule has 2 rings (SSSR count). The van der Waals surface area contributed by atoms with Crippen molar-refractivity contribution in [3.05, 3.63) is 28.2 Å². The van der Waals surface area contributed by atoms with Crippen molar-refractivity contribution in [3.8, 4) is 0 Å². The number of halogens is 1. The maximum Gasteiger partial charge on any atom is 0.241 e. The molecule has 0 aromatic heterocycles. The highest BCUT2D eigenvalue weighted by Crippen LogP contribution is 2.28. The Morgan fingerprint density at radius 3 is 2.55 bits per heavy atom. The summed E-state index contributed by atoms with van der Waals surface area (Å²) in [6.45, 7) is 3.81. The molecule has 1 fully saturated rings. The van der Waals surface area contributed by atoms with Gasteiger partial charge in [-0.15, -0.1) is 0 Å². The highest BCUT2D eigenvalue weighted by atomic mass is 79.9. The lowest BCUT2D eigenvalue weighted by Crippen LogP contribution is -2.39. The summed E-state index contributed by atoms with van der Waals surface area (Å²) in [5.41, 5.74) is 0.775. The van der Waals surface area contributed by atoms with Gasteiger partial charge in [0.1, 0.15) is 0 Å². The summed E-state index contributed by atoms with van der Waals surface area (Å²) in [6, 6.07) is 5.35. The fraction of sp³-hybridized carbons (Fsp3) is 0.600. The molecule has 0 radical (unpaired) electrons. The van der Waals surface area contributed by atoms with Crippen LogP contribution in [0.15, 0.2) is 27.6 Å². The van der Waals surface area contributed by atoms with Crippen molar-refractivity contribution in [2.24, 2.45) is 5.92 Å². The number of sulfonamides is 1. The van der Waals surface area contributed by atoms with Crippen LogP contribution in [-0.4, -0.2) is 14.5 Å². The van der Waals surface area contributed by atoms with E-state index in [9.17, 15) is 8.42 Å². The van der Waals surface area contributed by atoms with Gasteiger partial charge >= 0.3 is 0 Å². The largest absolute Gasteiger partial charge is 0.241 e. The van der Waals surface area contributed by atoms with Gasteiger partial charge in [-0.1, -0.05) is 41.3 Å². The Balaban J connectivity index is 2.16. The van der Waals surface area contributed by atoms with E-state index in [1.807, 2.05) is 26.0 Å². The smallest absolute Gasteiger partial charge is 0.208 e. The van der Waals surface area contributed by atoms with Gasteiger partial charge in [0.15, 0.2) is 0 Å². The third-order valence-corrected chi connectivity index (χ3v) is 6.33. The van der Waals surface area contributed by atoms with E-state index in [0.717, 1.165) is 22.9 Å². The van der Waals surface area contributed by atoms with Crippen molar-refractivity contribution in [2.75, 3.05) is 0 Å². The molecule has 1 unspecified atom stereocenters. The maximum atomic E-state index is 12.5. The SMILES string of the molecule is Cc1ccc(Br)cc1S(=O)(=O)NC(C)C1CCCCC1. The molecule has 1 saturated carbocycles. The molecule has 3 nitrogen and oxygen atoms in total. The summed E-state index contributed by atoms with van der Waals surface area (Å²) < 4.78 is 28.7. The van der Waals surface area contributed by atoms with Crippen LogP contribution in [0.2, 0.25) is 0 Å². The minimum absolute atomic E-state index is 0.00122. The zero-order valence-corrected chi connectivity index (χ0v) is 14.4. The van der Waals surface area contributed by atoms with Crippen molar-refractivity contribution in [1.29, 1.82) is 0 Å². The summed E-state index contributed by atoms with van der Waals surface area (Å²) in [6.07, 6.45) is 5.96. The number of aryl methyl sites for hydroxylation is 1. The topological polar surface area (TPSA) is 46.2 Å². The summed E-state index contributed by atoms with van der Waals surface area (Å²) in [5.74, 6) is 0.464. The molecule has 1 aromatic carbocycles. The van der Waals surface area contributed by atoms with E-state index in [2.05, 4.69) is 20.7 Å². The van der Waals surface area contributed by atoms with E-state index in [4.69, 9.17) is 0 Å². The Labute approximate surface area is 130 Å². The van der Waals surface area contributed by atoms with E-state index in [1.54, 1.807) is 6.07 Å². The van der Waals surface area contributed by atoms with Crippen LogP contribution in [0.1, 0.15) is 44.6 Å². The van der Waals surface area contributed by atoms with Gasteiger partial charge in [-0.25, -0.2) is 13.1 Å². The Bertz CT molecular complexity index is 565. The maximum absolute atomic E-state index is 12.5. The van der Waals surface area contributed by atoms with Crippen LogP contribution < -0.4 is 4.72 Å². The summed E-state index contributed by atoms with van der Waals surface area (Å²) >= 11 is 3.34. The van der Waals surface area contributed by atoms with Crippen LogP contribution in [0.3, 0.4) is 0 Å². The van der Waals surface area contributed by atoms with Crippen LogP contribution in [0.25, 0.3) is 0 Å². The second-order valence-electron chi connectivity index (χ2n) is 5.72. The van der Waals surface area contributed by atoms with Crippen molar-refractivity contribution >= 4 is 26.0 Å². The fourth-order valence-corrected chi connectivity index (χ4v) is 5.00. The van der Waals surface area contributed by atoms with E-state index >= 15 is 0 Å². The Hall–Kier alpha value is -0.390. The average Bonchev–Trinajstić information content (AvgIpc) is 2.42. The van der Waals surface area contributed by atoms with Gasteiger partial charge in [0.2, 0.25) is 10.0 Å². The minimum Gasteiger partial charge on any atom is -0.208 e. The van der Waals surface area contributed by atoms with Crippen LogP contribution in [0.5, 0.6) is 0 Å². The number of benzene rings is 1. The van der Waals surface area contributed by atoms with Crippen LogP contribution in [0, 0.1) is 12.8 Å². The highest BCUT2D eigenvalue weighted by Gasteiger charge is 2.26. The number of nitrogens with one attached hydrogen (secondary N) is 1. The molecule has 0 spiro atoms. The first-order valence-electron chi connectivity index (χ1n) is 7.18. The van der Waals surface area contributed by atoms with Crippen LogP contribution >= 0.6 is 15.9 Å². The van der Waals surface area contributed by atoms with Gasteiger partial charge in [-0.3, -0.25) is 0 Å². The average molecular weight is 360 g/mol. The second-order valence-corrected chi connectivity index (χ2v) is 8.32. The van der Waals surface area contributed by atoms with E-state index < -0.39 is 10.0 Å². The third kappa shape index (κ3) is 3.83. The number of hydrogen-bond donors (Lipinski definition) is 1. The van der Waals surface area contributed by atoms with Gasteiger partial charge in [0.05, 0.1) is 4.90 Å². The second kappa shape index (κ2) is 6.58. The molecule has 112 valence electrons. The first-order chi connectivity index (χ1) is 9.40. The molecule has 1 N–H and O–H groups in total. The molecule has 1 aliphatic rings. The van der Waals surface area contributed by atoms with Gasteiger partial charge in [-0.2, -0.15) is 0 Å². The van der Waals surface area contributed by atoms with Crippen molar-refractivity contribution < 1.29 is 8.42 Å². The molecular weight excluding hydrogens is 338 g/mol. The van der Waals surface area contributed by atoms with Crippen molar-refractivity contribution in [2.45, 2.75) is 56.9 Å². The van der Waals surface area contributed by atoms with Gasteiger partial charge in [-0.05, 0) is 50.3 Å². The van der Waals surface area contributed by atoms with Crippen LogP contribution in [0.4, 0.5) is 0 Å². The molecule has 0 heterocycles. The lowest BCUT2D eigenvalue weighted by molar-refractivity contribution is 0.303. The molecule has 0 saturated heterocycles. The van der Waals surface area contributed by atoms with Crippen LogP contribution in [-0.2, 0) is 10.0 Å². The van der Waals surface area contributed by atoms with Gasteiger partial charge < -0.3 is 0 Å². The summed E-state index contributed by atoms with van der Waals surface area (Å²) in [4.78, 5) is 0.370. The molecule has 0 bridgehead atoms. The number of rotatable bonds is 4. The fourth-order valence-electron chi connectivity index (χ4n) is 2.90. The Morgan fingerprint density at radius 2 is 1.90 bits per heavy atom. The predicted octanol–water partition coefficient (Wildman–Crippen LogP) is 4.00. The number of hydrogen-bond acceptors (Lipinski definition) is 2. The molecular formula is C15H22BrNO2S. The van der Waals surface area contributed by atoms with E-state index in [1.165, 1.54) is 19.3 Å². The lowest BCUT2D eigenvalue weighted by atomic mass is 9.85. The van der Waals surface area contributed by atoms with E-state index in [0.29, 0.717) is 10.8 Å². The minimum atomic E-state index is -3.44. The first kappa shape index (κ1) is 16.0. The molecule has 5 heteroatoms. The molecule has 1 aliphatic carbocycles. The molecule has 20 heavy (non-hydrogen) atoms. The monoisotopic (exact) mass is 359 g/mol. The normalized spacial score (nSPS) is 18.9. The van der Waals surface area contributed by atoms with Gasteiger partial charge in [0, 0.05) is 10.5 Å². The highest BCUT2D eigenvalue weighted by molar-refractivity contribution is 9.10. The molecule has 1 aromatic rings. The lowest BCUT2D eigenvalue weighted by Gasteiger charge is -2.28. The predicted molar refractivity (Wildman–Crippen MR) is 85.2 cm³/mol. The van der Waals surface area contributed by atoms with Crippen molar-refractivity contribution in [1.82, 2.24) is 4.72 Å². The summed E-state index contributed by atoms with van der Waals surface area (Å²) in [7, 11) is -3.44. The van der Waals surface area contributed by atoms with E-state index in [-0.39, 0.29) is 6.04 Å². The van der Waals surface area contributed by atoms with Gasteiger partial charge in [0.25, 0.3) is 0 Å². The zero-order valence-electron chi connectivity index (χ0n) is 12.0.